The second-order valence-corrected chi connectivity index (χ2v) is 23.7. The Balaban J connectivity index is 0.881. The van der Waals surface area contributed by atoms with Crippen LogP contribution in [-0.2, 0) is 5.41 Å². The van der Waals surface area contributed by atoms with Crippen molar-refractivity contribution >= 4 is 110 Å². The summed E-state index contributed by atoms with van der Waals surface area (Å²) in [7, 11) is 0. The molecule has 2 heterocycles. The number of hydrogen-bond donors (Lipinski definition) is 0. The standard InChI is InChI=1S/C85H52N2O2/c1-3-23-53(24-4-1)59-27-11-17-39-75(59)86(77-41-21-35-68-64-32-13-19-43-79(64)88-83(68)77)57-46-45-55-50-71-74(51-56(55)49-57)85(72-37-15-9-30-62(72)63-31-10-16-38-73(63)85)82-67-48-47-58(52-70(67)61-29-7-8-34-66(61)81(71)82)87(76-40-18-12-28-60(76)54-25-5-2-6-26-54)78-42-22-36-69-65-33-14-20-44-80(65)89-84(69)78/h1-52H. The molecule has 0 radical (unpaired) electrons. The Hall–Kier alpha value is -11.7. The van der Waals surface area contributed by atoms with Crippen LogP contribution in [0.15, 0.2) is 324 Å². The molecule has 4 heteroatoms. The van der Waals surface area contributed by atoms with E-state index in [0.29, 0.717) is 0 Å². The molecular weight excluding hydrogens is 1080 g/mol. The van der Waals surface area contributed by atoms with Gasteiger partial charge in [0.25, 0.3) is 0 Å². The highest BCUT2D eigenvalue weighted by Crippen LogP contribution is 2.66. The molecule has 0 saturated heterocycles. The molecule has 4 nitrogen and oxygen atoms in total. The van der Waals surface area contributed by atoms with Gasteiger partial charge in [0.1, 0.15) is 11.2 Å². The zero-order valence-electron chi connectivity index (χ0n) is 48.2. The van der Waals surface area contributed by atoms with Crippen molar-refractivity contribution in [3.05, 3.63) is 338 Å². The summed E-state index contributed by atoms with van der Waals surface area (Å²) in [5.41, 5.74) is 23.6. The van der Waals surface area contributed by atoms with Gasteiger partial charge in [0, 0.05) is 44.0 Å². The van der Waals surface area contributed by atoms with Crippen molar-refractivity contribution in [3.8, 4) is 44.5 Å². The predicted molar refractivity (Wildman–Crippen MR) is 370 cm³/mol. The highest BCUT2D eigenvalue weighted by molar-refractivity contribution is 6.22. The molecule has 2 aliphatic carbocycles. The molecule has 0 saturated carbocycles. The van der Waals surface area contributed by atoms with E-state index >= 15 is 0 Å². The predicted octanol–water partition coefficient (Wildman–Crippen LogP) is 23.6. The van der Waals surface area contributed by atoms with Crippen molar-refractivity contribution in [2.45, 2.75) is 5.41 Å². The third-order valence-corrected chi connectivity index (χ3v) is 19.2. The largest absolute Gasteiger partial charge is 0.454 e. The van der Waals surface area contributed by atoms with E-state index in [-0.39, 0.29) is 0 Å². The number of hydrogen-bond acceptors (Lipinski definition) is 4. The molecule has 414 valence electrons. The van der Waals surface area contributed by atoms with Crippen LogP contribution in [0, 0.1) is 0 Å². The Morgan fingerprint density at radius 1 is 0.247 bits per heavy atom. The van der Waals surface area contributed by atoms with E-state index in [0.717, 1.165) is 106 Å². The Bertz CT molecular complexity index is 5730. The average molecular weight is 1130 g/mol. The first-order valence-electron chi connectivity index (χ1n) is 30.6. The van der Waals surface area contributed by atoms with E-state index in [1.54, 1.807) is 0 Å². The summed E-state index contributed by atoms with van der Waals surface area (Å²) in [4.78, 5) is 4.85. The molecular formula is C85H52N2O2. The quantitative estimate of drug-likeness (QED) is 0.142. The lowest BCUT2D eigenvalue weighted by Crippen LogP contribution is -2.26. The van der Waals surface area contributed by atoms with Crippen molar-refractivity contribution in [2.24, 2.45) is 0 Å². The average Bonchev–Trinajstić information content (AvgIpc) is 1.51. The number of furan rings is 2. The summed E-state index contributed by atoms with van der Waals surface area (Å²) < 4.78 is 13.8. The number of nitrogens with zero attached hydrogens (tertiary/aromatic N) is 2. The van der Waals surface area contributed by atoms with Crippen molar-refractivity contribution < 1.29 is 8.83 Å². The minimum Gasteiger partial charge on any atom is -0.454 e. The molecule has 0 aliphatic heterocycles. The molecule has 0 amide bonds. The van der Waals surface area contributed by atoms with Crippen molar-refractivity contribution in [1.29, 1.82) is 0 Å². The van der Waals surface area contributed by atoms with Gasteiger partial charge in [0.05, 0.1) is 28.2 Å². The molecule has 19 rings (SSSR count). The summed E-state index contributed by atoms with van der Waals surface area (Å²) in [6.45, 7) is 0. The Morgan fingerprint density at radius 3 is 1.28 bits per heavy atom. The SMILES string of the molecule is c1ccc(-c2ccccc2N(c2ccc3cc4c(cc3c2)C2(c3ccccc3-c3ccccc32)c2c-4c3ccccc3c3cc(N(c4ccccc4-c4ccccc4)c4cccc5c4oc4ccccc45)ccc23)c2cccc3c2oc2ccccc23)cc1. The van der Waals surface area contributed by atoms with Crippen LogP contribution < -0.4 is 9.80 Å². The van der Waals surface area contributed by atoms with Gasteiger partial charge >= 0.3 is 0 Å². The molecule has 0 fully saturated rings. The van der Waals surface area contributed by atoms with Crippen molar-refractivity contribution in [1.82, 2.24) is 0 Å². The van der Waals surface area contributed by atoms with Crippen LogP contribution in [0.2, 0.25) is 0 Å². The van der Waals surface area contributed by atoms with Crippen LogP contribution in [0.4, 0.5) is 34.1 Å². The molecule has 89 heavy (non-hydrogen) atoms. The Morgan fingerprint density at radius 2 is 0.697 bits per heavy atom. The maximum atomic E-state index is 6.94. The van der Waals surface area contributed by atoms with Crippen LogP contribution >= 0.6 is 0 Å². The third-order valence-electron chi connectivity index (χ3n) is 19.2. The van der Waals surface area contributed by atoms with Gasteiger partial charge in [-0.1, -0.05) is 243 Å². The molecule has 0 bridgehead atoms. The van der Waals surface area contributed by atoms with E-state index in [1.807, 2.05) is 0 Å². The fourth-order valence-corrected chi connectivity index (χ4v) is 15.6. The van der Waals surface area contributed by atoms with Gasteiger partial charge in [-0.25, -0.2) is 0 Å². The normalized spacial score (nSPS) is 12.8. The van der Waals surface area contributed by atoms with Crippen LogP contribution in [0.5, 0.6) is 0 Å². The first kappa shape index (κ1) is 49.5. The van der Waals surface area contributed by atoms with E-state index in [4.69, 9.17) is 8.83 Å². The number of para-hydroxylation sites is 6. The molecule has 2 aromatic heterocycles. The summed E-state index contributed by atoms with van der Waals surface area (Å²) in [5.74, 6) is 0. The van der Waals surface area contributed by atoms with Gasteiger partial charge in [-0.3, -0.25) is 0 Å². The summed E-state index contributed by atoms with van der Waals surface area (Å²) in [6.07, 6.45) is 0. The van der Waals surface area contributed by atoms with E-state index in [9.17, 15) is 0 Å². The fraction of sp³-hybridized carbons (Fsp3) is 0.0118. The minimum absolute atomic E-state index is 0.690. The zero-order chi connectivity index (χ0) is 58.3. The summed E-state index contributed by atoms with van der Waals surface area (Å²) in [5, 5.41) is 11.5. The van der Waals surface area contributed by atoms with Gasteiger partial charge in [-0.05, 0) is 161 Å². The van der Waals surface area contributed by atoms with Crippen molar-refractivity contribution in [3.63, 3.8) is 0 Å². The fourth-order valence-electron chi connectivity index (χ4n) is 15.6. The Kier molecular flexibility index (Phi) is 10.7. The van der Waals surface area contributed by atoms with Crippen LogP contribution in [0.3, 0.4) is 0 Å². The Labute approximate surface area is 513 Å². The second-order valence-electron chi connectivity index (χ2n) is 23.7. The van der Waals surface area contributed by atoms with E-state index < -0.39 is 5.41 Å². The molecule has 0 N–H and O–H groups in total. The first-order valence-corrected chi connectivity index (χ1v) is 30.6. The molecule has 0 atom stereocenters. The molecule has 15 aromatic carbocycles. The number of anilines is 6. The highest BCUT2D eigenvalue weighted by Gasteiger charge is 2.53. The van der Waals surface area contributed by atoms with Crippen LogP contribution in [-0.4, -0.2) is 0 Å². The molecule has 17 aromatic rings. The second kappa shape index (κ2) is 19.1. The topological polar surface area (TPSA) is 32.8 Å². The number of rotatable bonds is 8. The van der Waals surface area contributed by atoms with Gasteiger partial charge < -0.3 is 18.6 Å². The monoisotopic (exact) mass is 1130 g/mol. The van der Waals surface area contributed by atoms with Crippen molar-refractivity contribution in [2.75, 3.05) is 9.80 Å². The lowest BCUT2D eigenvalue weighted by molar-refractivity contribution is 0.668. The molecule has 1 spiro atoms. The minimum atomic E-state index is -0.690. The summed E-state index contributed by atoms with van der Waals surface area (Å²) in [6, 6.07) is 116. The number of fused-ring (bicyclic) bond motifs is 22. The maximum Gasteiger partial charge on any atom is 0.159 e. The molecule has 0 unspecified atom stereocenters. The zero-order valence-corrected chi connectivity index (χ0v) is 48.2. The van der Waals surface area contributed by atoms with E-state index in [1.165, 1.54) is 71.4 Å². The van der Waals surface area contributed by atoms with Gasteiger partial charge in [-0.2, -0.15) is 0 Å². The first-order chi connectivity index (χ1) is 44.2. The van der Waals surface area contributed by atoms with E-state index in [2.05, 4.69) is 325 Å². The lowest BCUT2D eigenvalue weighted by Gasteiger charge is -2.32. The highest BCUT2D eigenvalue weighted by atomic mass is 16.3. The summed E-state index contributed by atoms with van der Waals surface area (Å²) >= 11 is 0. The van der Waals surface area contributed by atoms with Crippen LogP contribution in [0.1, 0.15) is 22.3 Å². The maximum absolute atomic E-state index is 6.94. The third kappa shape index (κ3) is 7.11. The van der Waals surface area contributed by atoms with Gasteiger partial charge in [-0.15, -0.1) is 0 Å². The van der Waals surface area contributed by atoms with Gasteiger partial charge in [0.15, 0.2) is 11.2 Å². The number of benzene rings is 15. The van der Waals surface area contributed by atoms with Crippen LogP contribution in [0.25, 0.3) is 121 Å². The molecule has 2 aliphatic rings. The lowest BCUT2D eigenvalue weighted by atomic mass is 9.69. The smallest absolute Gasteiger partial charge is 0.159 e. The van der Waals surface area contributed by atoms with Gasteiger partial charge in [0.2, 0.25) is 0 Å².